The van der Waals surface area contributed by atoms with Gasteiger partial charge in [0.15, 0.2) is 6.10 Å². The van der Waals surface area contributed by atoms with Crippen LogP contribution in [0.25, 0.3) is 10.9 Å². The van der Waals surface area contributed by atoms with Gasteiger partial charge < -0.3 is 10.1 Å². The quantitative estimate of drug-likeness (QED) is 0.686. The van der Waals surface area contributed by atoms with E-state index in [2.05, 4.69) is 10.3 Å². The molecule has 1 heterocycles. The number of rotatable bonds is 4. The van der Waals surface area contributed by atoms with E-state index in [1.807, 2.05) is 57.2 Å². The second-order valence-corrected chi connectivity index (χ2v) is 6.83. The summed E-state index contributed by atoms with van der Waals surface area (Å²) in [6.45, 7) is 7.55. The van der Waals surface area contributed by atoms with Gasteiger partial charge in [-0.1, -0.05) is 17.7 Å². The molecular weight excluding hydrogens is 348 g/mol. The maximum atomic E-state index is 12.6. The number of carbonyl (C=O) groups excluding carboxylic acids is 1. The number of ether oxygens (including phenoxy) is 1. The summed E-state index contributed by atoms with van der Waals surface area (Å²) in [7, 11) is 0. The molecule has 2 aromatic carbocycles. The molecule has 26 heavy (non-hydrogen) atoms. The summed E-state index contributed by atoms with van der Waals surface area (Å²) in [5.41, 5.74) is 4.51. The minimum absolute atomic E-state index is 0.218. The van der Waals surface area contributed by atoms with Crippen LogP contribution in [0.5, 0.6) is 5.75 Å². The van der Waals surface area contributed by atoms with Crippen molar-refractivity contribution in [2.75, 3.05) is 5.32 Å². The Morgan fingerprint density at radius 3 is 2.50 bits per heavy atom. The molecule has 0 unspecified atom stereocenters. The van der Waals surface area contributed by atoms with Gasteiger partial charge >= 0.3 is 0 Å². The first kappa shape index (κ1) is 18.2. The van der Waals surface area contributed by atoms with Crippen LogP contribution >= 0.6 is 11.6 Å². The van der Waals surface area contributed by atoms with Crippen molar-refractivity contribution in [2.45, 2.75) is 33.8 Å². The molecule has 0 saturated heterocycles. The molecule has 1 aromatic heterocycles. The van der Waals surface area contributed by atoms with Crippen LogP contribution in [-0.4, -0.2) is 17.0 Å². The lowest BCUT2D eigenvalue weighted by molar-refractivity contribution is -0.122. The van der Waals surface area contributed by atoms with Gasteiger partial charge in [0.25, 0.3) is 5.91 Å². The zero-order valence-corrected chi connectivity index (χ0v) is 16.0. The normalized spacial score (nSPS) is 12.0. The highest BCUT2D eigenvalue weighted by Crippen LogP contribution is 2.27. The van der Waals surface area contributed by atoms with Crippen LogP contribution in [0, 0.1) is 20.8 Å². The van der Waals surface area contributed by atoms with Crippen LogP contribution in [0.15, 0.2) is 42.6 Å². The predicted octanol–water partition coefficient (Wildman–Crippen LogP) is 5.22. The molecular formula is C21H21ClN2O2. The lowest BCUT2D eigenvalue weighted by Crippen LogP contribution is -2.30. The van der Waals surface area contributed by atoms with Gasteiger partial charge in [0.05, 0.1) is 11.2 Å². The number of aromatic nitrogens is 1. The van der Waals surface area contributed by atoms with E-state index in [0.717, 1.165) is 33.3 Å². The molecule has 0 fully saturated rings. The van der Waals surface area contributed by atoms with E-state index in [4.69, 9.17) is 16.3 Å². The van der Waals surface area contributed by atoms with Crippen molar-refractivity contribution in [2.24, 2.45) is 0 Å². The zero-order chi connectivity index (χ0) is 18.8. The van der Waals surface area contributed by atoms with Crippen molar-refractivity contribution in [3.63, 3.8) is 0 Å². The highest BCUT2D eigenvalue weighted by Gasteiger charge is 2.17. The molecule has 0 aliphatic carbocycles. The third kappa shape index (κ3) is 3.65. The third-order valence-corrected chi connectivity index (χ3v) is 4.92. The Balaban J connectivity index is 1.79. The number of nitrogens with zero attached hydrogens (tertiary/aromatic N) is 1. The number of hydrogen-bond acceptors (Lipinski definition) is 3. The highest BCUT2D eigenvalue weighted by molar-refractivity contribution is 6.32. The molecule has 0 saturated carbocycles. The number of benzene rings is 2. The molecule has 5 heteroatoms. The minimum atomic E-state index is -0.650. The topological polar surface area (TPSA) is 51.2 Å². The van der Waals surface area contributed by atoms with E-state index in [1.165, 1.54) is 0 Å². The van der Waals surface area contributed by atoms with Crippen molar-refractivity contribution >= 4 is 34.1 Å². The smallest absolute Gasteiger partial charge is 0.265 e. The lowest BCUT2D eigenvalue weighted by atomic mass is 10.1. The Hall–Kier alpha value is -2.59. The van der Waals surface area contributed by atoms with E-state index in [0.29, 0.717) is 10.8 Å². The Labute approximate surface area is 158 Å². The summed E-state index contributed by atoms with van der Waals surface area (Å²) in [6.07, 6.45) is 1.10. The Kier molecular flexibility index (Phi) is 5.14. The number of halogens is 1. The molecule has 0 bridgehead atoms. The molecule has 1 N–H and O–H groups in total. The fourth-order valence-electron chi connectivity index (χ4n) is 2.89. The van der Waals surface area contributed by atoms with E-state index in [9.17, 15) is 4.79 Å². The average molecular weight is 369 g/mol. The van der Waals surface area contributed by atoms with Crippen molar-refractivity contribution in [1.82, 2.24) is 4.98 Å². The summed E-state index contributed by atoms with van der Waals surface area (Å²) in [5.74, 6) is 0.409. The zero-order valence-electron chi connectivity index (χ0n) is 15.3. The fourth-order valence-corrected chi connectivity index (χ4v) is 3.00. The fraction of sp³-hybridized carbons (Fsp3) is 0.238. The summed E-state index contributed by atoms with van der Waals surface area (Å²) in [5, 5.41) is 4.57. The van der Waals surface area contributed by atoms with Crippen molar-refractivity contribution in [3.8, 4) is 5.75 Å². The number of nitrogens with one attached hydrogen (secondary N) is 1. The number of amides is 1. The van der Waals surface area contributed by atoms with E-state index in [-0.39, 0.29) is 5.91 Å². The molecule has 0 aliphatic heterocycles. The van der Waals surface area contributed by atoms with Gasteiger partial charge in [-0.2, -0.15) is 0 Å². The maximum Gasteiger partial charge on any atom is 0.265 e. The first-order valence-corrected chi connectivity index (χ1v) is 8.83. The second kappa shape index (κ2) is 7.34. The largest absolute Gasteiger partial charge is 0.481 e. The summed E-state index contributed by atoms with van der Waals surface area (Å²) in [6, 6.07) is 11.3. The SMILES string of the molecule is Cc1cc(O[C@H](C)C(=O)Nc2ccc(C)c3ncccc23)cc(C)c1Cl. The van der Waals surface area contributed by atoms with Crippen LogP contribution in [0.3, 0.4) is 0 Å². The number of pyridine rings is 1. The number of aryl methyl sites for hydroxylation is 3. The molecule has 0 aliphatic rings. The molecule has 134 valence electrons. The standard InChI is InChI=1S/C21H21ClN2O2/c1-12-7-8-18(17-6-5-9-23-20(12)17)24-21(25)15(4)26-16-10-13(2)19(22)14(3)11-16/h5-11,15H,1-4H3,(H,24,25)/t15-/m1/s1. The molecule has 1 amide bonds. The van der Waals surface area contributed by atoms with E-state index >= 15 is 0 Å². The maximum absolute atomic E-state index is 12.6. The van der Waals surface area contributed by atoms with E-state index < -0.39 is 6.10 Å². The summed E-state index contributed by atoms with van der Waals surface area (Å²) >= 11 is 6.18. The second-order valence-electron chi connectivity index (χ2n) is 6.45. The van der Waals surface area contributed by atoms with Crippen LogP contribution in [0.1, 0.15) is 23.6 Å². The predicted molar refractivity (Wildman–Crippen MR) is 106 cm³/mol. The van der Waals surface area contributed by atoms with Crippen molar-refractivity contribution < 1.29 is 9.53 Å². The Morgan fingerprint density at radius 1 is 1.12 bits per heavy atom. The van der Waals surface area contributed by atoms with Gasteiger partial charge in [-0.25, -0.2) is 0 Å². The van der Waals surface area contributed by atoms with Crippen molar-refractivity contribution in [1.29, 1.82) is 0 Å². The van der Waals surface area contributed by atoms with Gasteiger partial charge in [0, 0.05) is 16.6 Å². The van der Waals surface area contributed by atoms with Crippen molar-refractivity contribution in [3.05, 3.63) is 64.3 Å². The average Bonchev–Trinajstić information content (AvgIpc) is 2.62. The molecule has 4 nitrogen and oxygen atoms in total. The Bertz CT molecular complexity index is 962. The molecule has 1 atom stereocenters. The number of fused-ring (bicyclic) bond motifs is 1. The molecule has 0 spiro atoms. The third-order valence-electron chi connectivity index (χ3n) is 4.32. The molecule has 3 aromatic rings. The Morgan fingerprint density at radius 2 is 1.81 bits per heavy atom. The monoisotopic (exact) mass is 368 g/mol. The van der Waals surface area contributed by atoms with Crippen LogP contribution < -0.4 is 10.1 Å². The molecule has 0 radical (unpaired) electrons. The first-order chi connectivity index (χ1) is 12.4. The van der Waals surface area contributed by atoms with Gasteiger partial charge in [-0.15, -0.1) is 0 Å². The highest BCUT2D eigenvalue weighted by atomic mass is 35.5. The summed E-state index contributed by atoms with van der Waals surface area (Å²) < 4.78 is 5.81. The van der Waals surface area contributed by atoms with Crippen LogP contribution in [-0.2, 0) is 4.79 Å². The number of carbonyl (C=O) groups is 1. The van der Waals surface area contributed by atoms with Crippen LogP contribution in [0.4, 0.5) is 5.69 Å². The number of hydrogen-bond donors (Lipinski definition) is 1. The van der Waals surface area contributed by atoms with Crippen LogP contribution in [0.2, 0.25) is 5.02 Å². The molecule has 3 rings (SSSR count). The first-order valence-electron chi connectivity index (χ1n) is 8.45. The summed E-state index contributed by atoms with van der Waals surface area (Å²) in [4.78, 5) is 17.0. The van der Waals surface area contributed by atoms with Gasteiger partial charge in [-0.3, -0.25) is 9.78 Å². The van der Waals surface area contributed by atoms with Gasteiger partial charge in [0.1, 0.15) is 5.75 Å². The van der Waals surface area contributed by atoms with Gasteiger partial charge in [0.2, 0.25) is 0 Å². The van der Waals surface area contributed by atoms with Gasteiger partial charge in [-0.05, 0) is 74.7 Å². The minimum Gasteiger partial charge on any atom is -0.481 e. The lowest BCUT2D eigenvalue weighted by Gasteiger charge is -2.17. The number of anilines is 1. The van der Waals surface area contributed by atoms with E-state index in [1.54, 1.807) is 13.1 Å².